The molecule has 5 nitrogen and oxygen atoms in total. The van der Waals surface area contributed by atoms with Crippen molar-refractivity contribution in [2.45, 2.75) is 38.3 Å². The van der Waals surface area contributed by atoms with Gasteiger partial charge in [-0.05, 0) is 26.3 Å². The van der Waals surface area contributed by atoms with Crippen molar-refractivity contribution >= 4 is 0 Å². The monoisotopic (exact) mass is 209 g/mol. The zero-order valence-electron chi connectivity index (χ0n) is 9.40. The maximum absolute atomic E-state index is 6.12. The van der Waals surface area contributed by atoms with E-state index in [-0.39, 0.29) is 5.54 Å². The maximum atomic E-state index is 6.12. The van der Waals surface area contributed by atoms with Gasteiger partial charge in [0.05, 0.1) is 17.8 Å². The molecule has 0 amide bonds. The summed E-state index contributed by atoms with van der Waals surface area (Å²) in [6.45, 7) is 6.11. The molecule has 1 aromatic rings. The molecular formula is C10H19N5. The second kappa shape index (κ2) is 3.90. The van der Waals surface area contributed by atoms with E-state index < -0.39 is 0 Å². The van der Waals surface area contributed by atoms with Crippen LogP contribution in [-0.2, 0) is 5.54 Å². The van der Waals surface area contributed by atoms with E-state index >= 15 is 0 Å². The van der Waals surface area contributed by atoms with Crippen LogP contribution in [0.1, 0.15) is 38.4 Å². The van der Waals surface area contributed by atoms with E-state index in [2.05, 4.69) is 22.6 Å². The van der Waals surface area contributed by atoms with Crippen LogP contribution in [0, 0.1) is 0 Å². The van der Waals surface area contributed by atoms with Gasteiger partial charge in [0, 0.05) is 6.54 Å². The van der Waals surface area contributed by atoms with Gasteiger partial charge in [0.1, 0.15) is 5.69 Å². The summed E-state index contributed by atoms with van der Waals surface area (Å²) >= 11 is 0. The largest absolute Gasteiger partial charge is 0.320 e. The normalized spacial score (nSPS) is 25.4. The lowest BCUT2D eigenvalue weighted by Crippen LogP contribution is -2.32. The smallest absolute Gasteiger partial charge is 0.102 e. The molecule has 1 fully saturated rings. The molecule has 5 heteroatoms. The minimum Gasteiger partial charge on any atom is -0.320 e. The molecule has 0 saturated carbocycles. The van der Waals surface area contributed by atoms with E-state index in [1.807, 2.05) is 17.8 Å². The summed E-state index contributed by atoms with van der Waals surface area (Å²) in [6, 6.07) is 0.443. The van der Waals surface area contributed by atoms with Crippen LogP contribution in [-0.4, -0.2) is 28.1 Å². The highest BCUT2D eigenvalue weighted by atomic mass is 15.4. The summed E-state index contributed by atoms with van der Waals surface area (Å²) in [5.41, 5.74) is 6.65. The lowest BCUT2D eigenvalue weighted by atomic mass is 9.97. The summed E-state index contributed by atoms with van der Waals surface area (Å²) in [5.74, 6) is 0. The number of aromatic nitrogens is 3. The Kier molecular flexibility index (Phi) is 2.75. The Morgan fingerprint density at radius 3 is 3.13 bits per heavy atom. The molecule has 15 heavy (non-hydrogen) atoms. The van der Waals surface area contributed by atoms with Crippen molar-refractivity contribution in [3.8, 4) is 0 Å². The standard InChI is InChI=1S/C10H19N5/c1-3-10(2,11)9-7-15(14-13-9)8-4-5-12-6-8/h7-8,12H,3-6,11H2,1-2H3/t8-,10-/m1/s1. The first-order valence-electron chi connectivity index (χ1n) is 5.55. The summed E-state index contributed by atoms with van der Waals surface area (Å²) in [4.78, 5) is 0. The SMILES string of the molecule is CC[C@@](C)(N)c1cn([C@@H]2CCNC2)nn1. The quantitative estimate of drug-likeness (QED) is 0.756. The van der Waals surface area contributed by atoms with Crippen molar-refractivity contribution in [3.63, 3.8) is 0 Å². The Labute approximate surface area is 90.0 Å². The molecule has 1 saturated heterocycles. The zero-order valence-corrected chi connectivity index (χ0v) is 9.40. The van der Waals surface area contributed by atoms with E-state index in [9.17, 15) is 0 Å². The lowest BCUT2D eigenvalue weighted by Gasteiger charge is -2.18. The fourth-order valence-electron chi connectivity index (χ4n) is 1.76. The van der Waals surface area contributed by atoms with Gasteiger partial charge >= 0.3 is 0 Å². The van der Waals surface area contributed by atoms with Crippen LogP contribution in [0.5, 0.6) is 0 Å². The fraction of sp³-hybridized carbons (Fsp3) is 0.800. The number of hydrogen-bond donors (Lipinski definition) is 2. The fourth-order valence-corrected chi connectivity index (χ4v) is 1.76. The van der Waals surface area contributed by atoms with Crippen LogP contribution in [0.4, 0.5) is 0 Å². The van der Waals surface area contributed by atoms with Gasteiger partial charge in [0.25, 0.3) is 0 Å². The summed E-state index contributed by atoms with van der Waals surface area (Å²) in [7, 11) is 0. The molecule has 2 heterocycles. The molecule has 0 spiro atoms. The molecule has 0 radical (unpaired) electrons. The Balaban J connectivity index is 2.16. The van der Waals surface area contributed by atoms with Gasteiger partial charge in [-0.25, -0.2) is 4.68 Å². The second-order valence-corrected chi connectivity index (χ2v) is 4.50. The van der Waals surface area contributed by atoms with Crippen LogP contribution in [0.2, 0.25) is 0 Å². The molecule has 3 N–H and O–H groups in total. The number of hydrogen-bond acceptors (Lipinski definition) is 4. The Morgan fingerprint density at radius 2 is 2.53 bits per heavy atom. The van der Waals surface area contributed by atoms with Crippen LogP contribution in [0.15, 0.2) is 6.20 Å². The molecule has 2 rings (SSSR count). The maximum Gasteiger partial charge on any atom is 0.102 e. The average molecular weight is 209 g/mol. The van der Waals surface area contributed by atoms with Crippen molar-refractivity contribution in [1.82, 2.24) is 20.3 Å². The van der Waals surface area contributed by atoms with Gasteiger partial charge < -0.3 is 11.1 Å². The lowest BCUT2D eigenvalue weighted by molar-refractivity contribution is 0.461. The van der Waals surface area contributed by atoms with Crippen LogP contribution >= 0.6 is 0 Å². The highest BCUT2D eigenvalue weighted by Crippen LogP contribution is 2.20. The number of nitrogens with zero attached hydrogens (tertiary/aromatic N) is 3. The van der Waals surface area contributed by atoms with E-state index in [4.69, 9.17) is 5.73 Å². The minimum atomic E-state index is -0.357. The number of rotatable bonds is 3. The van der Waals surface area contributed by atoms with E-state index in [1.165, 1.54) is 0 Å². The van der Waals surface area contributed by atoms with Crippen LogP contribution < -0.4 is 11.1 Å². The third kappa shape index (κ3) is 2.03. The first-order chi connectivity index (χ1) is 7.13. The third-order valence-electron chi connectivity index (χ3n) is 3.24. The highest BCUT2D eigenvalue weighted by Gasteiger charge is 2.25. The molecular weight excluding hydrogens is 190 g/mol. The van der Waals surface area contributed by atoms with Gasteiger partial charge in [0.2, 0.25) is 0 Å². The van der Waals surface area contributed by atoms with Gasteiger partial charge in [-0.1, -0.05) is 12.1 Å². The molecule has 0 aromatic carbocycles. The van der Waals surface area contributed by atoms with E-state index in [0.717, 1.165) is 31.6 Å². The average Bonchev–Trinajstić information content (AvgIpc) is 2.88. The van der Waals surface area contributed by atoms with Crippen molar-refractivity contribution in [2.24, 2.45) is 5.73 Å². The predicted molar refractivity (Wildman–Crippen MR) is 58.4 cm³/mol. The summed E-state index contributed by atoms with van der Waals surface area (Å²) in [5, 5.41) is 11.6. The Hall–Kier alpha value is -0.940. The number of nitrogens with one attached hydrogen (secondary N) is 1. The van der Waals surface area contributed by atoms with E-state index in [0.29, 0.717) is 6.04 Å². The van der Waals surface area contributed by atoms with Crippen molar-refractivity contribution < 1.29 is 0 Å². The third-order valence-corrected chi connectivity index (χ3v) is 3.24. The zero-order chi connectivity index (χ0) is 10.9. The minimum absolute atomic E-state index is 0.357. The topological polar surface area (TPSA) is 68.8 Å². The highest BCUT2D eigenvalue weighted by molar-refractivity contribution is 5.07. The van der Waals surface area contributed by atoms with Crippen molar-refractivity contribution in [3.05, 3.63) is 11.9 Å². The van der Waals surface area contributed by atoms with Crippen LogP contribution in [0.25, 0.3) is 0 Å². The number of nitrogens with two attached hydrogens (primary N) is 1. The molecule has 0 unspecified atom stereocenters. The van der Waals surface area contributed by atoms with Gasteiger partial charge in [-0.3, -0.25) is 0 Å². The van der Waals surface area contributed by atoms with Gasteiger partial charge in [-0.15, -0.1) is 5.10 Å². The Bertz CT molecular complexity index is 324. The summed E-state index contributed by atoms with van der Waals surface area (Å²) in [6.07, 6.45) is 3.98. The molecule has 2 atom stereocenters. The molecule has 84 valence electrons. The van der Waals surface area contributed by atoms with Crippen LogP contribution in [0.3, 0.4) is 0 Å². The molecule has 1 aliphatic heterocycles. The van der Waals surface area contributed by atoms with Gasteiger partial charge in [-0.2, -0.15) is 0 Å². The molecule has 1 aromatic heterocycles. The predicted octanol–water partition coefficient (Wildman–Crippen LogP) is 0.396. The molecule has 0 bridgehead atoms. The first-order valence-corrected chi connectivity index (χ1v) is 5.55. The van der Waals surface area contributed by atoms with E-state index in [1.54, 1.807) is 0 Å². The van der Waals surface area contributed by atoms with Crippen molar-refractivity contribution in [2.75, 3.05) is 13.1 Å². The Morgan fingerprint density at radius 1 is 1.73 bits per heavy atom. The second-order valence-electron chi connectivity index (χ2n) is 4.50. The summed E-state index contributed by atoms with van der Waals surface area (Å²) < 4.78 is 1.94. The van der Waals surface area contributed by atoms with Gasteiger partial charge in [0.15, 0.2) is 0 Å². The molecule has 0 aliphatic carbocycles. The first kappa shape index (κ1) is 10.6. The molecule has 1 aliphatic rings. The van der Waals surface area contributed by atoms with Crippen molar-refractivity contribution in [1.29, 1.82) is 0 Å².